The zero-order valence-corrected chi connectivity index (χ0v) is 20.9. The van der Waals surface area contributed by atoms with Crippen molar-refractivity contribution in [3.05, 3.63) is 86.8 Å². The van der Waals surface area contributed by atoms with Crippen molar-refractivity contribution in [3.8, 4) is 16.7 Å². The lowest BCUT2D eigenvalue weighted by molar-refractivity contribution is 0.0943. The van der Waals surface area contributed by atoms with Crippen molar-refractivity contribution in [1.82, 2.24) is 15.3 Å². The van der Waals surface area contributed by atoms with Crippen LogP contribution >= 0.6 is 22.7 Å². The third-order valence-corrected chi connectivity index (χ3v) is 8.23. The molecule has 1 amide bonds. The lowest BCUT2D eigenvalue weighted by atomic mass is 9.97. The minimum Gasteiger partial charge on any atom is -0.485 e. The second-order valence-corrected chi connectivity index (χ2v) is 10.9. The third-order valence-electron chi connectivity index (χ3n) is 6.32. The Hall–Kier alpha value is -3.23. The monoisotopic (exact) mass is 503 g/mol. The van der Waals surface area contributed by atoms with E-state index in [1.807, 2.05) is 43.3 Å². The first-order chi connectivity index (χ1) is 17.1. The molecule has 1 aliphatic carbocycles. The highest BCUT2D eigenvalue weighted by molar-refractivity contribution is 7.15. The molecule has 35 heavy (non-hydrogen) atoms. The van der Waals surface area contributed by atoms with Crippen molar-refractivity contribution in [1.29, 1.82) is 0 Å². The summed E-state index contributed by atoms with van der Waals surface area (Å²) < 4.78 is 12.2. The number of benzene rings is 2. The summed E-state index contributed by atoms with van der Waals surface area (Å²) in [6, 6.07) is 16.0. The van der Waals surface area contributed by atoms with Crippen LogP contribution in [0.25, 0.3) is 0 Å². The SMILES string of the molecule is C[C@H](NC(=O)c1cnc(Oc2ccc3c(c2)CCC(c2ccccc2)O3)s1)c1nc(C2CC2)cs1. The number of fused-ring (bicyclic) bond motifs is 1. The summed E-state index contributed by atoms with van der Waals surface area (Å²) in [6.07, 6.45) is 5.90. The van der Waals surface area contributed by atoms with Gasteiger partial charge in [-0.15, -0.1) is 11.3 Å². The van der Waals surface area contributed by atoms with Gasteiger partial charge in [0.2, 0.25) is 0 Å². The number of ether oxygens (including phenoxy) is 2. The topological polar surface area (TPSA) is 73.3 Å². The predicted molar refractivity (Wildman–Crippen MR) is 137 cm³/mol. The first kappa shape index (κ1) is 22.2. The van der Waals surface area contributed by atoms with Gasteiger partial charge in [0.25, 0.3) is 11.1 Å². The van der Waals surface area contributed by atoms with E-state index in [9.17, 15) is 4.79 Å². The van der Waals surface area contributed by atoms with Crippen molar-refractivity contribution in [2.45, 2.75) is 50.7 Å². The standard InChI is InChI=1S/C27H25N3O3S2/c1-16(26-30-21(15-34-26)17-7-8-17)29-25(31)24-14-28-27(35-24)32-20-10-12-23-19(13-20)9-11-22(33-23)18-5-3-2-4-6-18/h2-6,10,12-17,22H,7-9,11H2,1H3,(H,29,31)/t16-,22?/m0/s1. The largest absolute Gasteiger partial charge is 0.485 e. The quantitative estimate of drug-likeness (QED) is 0.299. The lowest BCUT2D eigenvalue weighted by Gasteiger charge is -2.26. The van der Waals surface area contributed by atoms with E-state index < -0.39 is 0 Å². The van der Waals surface area contributed by atoms with E-state index in [0.717, 1.165) is 34.9 Å². The van der Waals surface area contributed by atoms with Crippen LogP contribution in [0.1, 0.15) is 75.8 Å². The number of aryl methyl sites for hydroxylation is 1. The number of rotatable bonds is 7. The van der Waals surface area contributed by atoms with Crippen LogP contribution in [0.15, 0.2) is 60.1 Å². The van der Waals surface area contributed by atoms with Crippen molar-refractivity contribution >= 4 is 28.6 Å². The predicted octanol–water partition coefficient (Wildman–Crippen LogP) is 6.83. The molecule has 1 N–H and O–H groups in total. The number of amides is 1. The van der Waals surface area contributed by atoms with E-state index in [0.29, 0.717) is 21.7 Å². The number of thiazole rings is 2. The molecule has 0 radical (unpaired) electrons. The van der Waals surface area contributed by atoms with Crippen LogP contribution in [0.3, 0.4) is 0 Å². The van der Waals surface area contributed by atoms with Crippen LogP contribution in [-0.2, 0) is 6.42 Å². The van der Waals surface area contributed by atoms with Crippen LogP contribution in [0.4, 0.5) is 0 Å². The Morgan fingerprint density at radius 3 is 2.86 bits per heavy atom. The van der Waals surface area contributed by atoms with Crippen LogP contribution in [0.5, 0.6) is 16.7 Å². The molecular weight excluding hydrogens is 478 g/mol. The van der Waals surface area contributed by atoms with Gasteiger partial charge >= 0.3 is 0 Å². The molecule has 2 atom stereocenters. The summed E-state index contributed by atoms with van der Waals surface area (Å²) in [6.45, 7) is 1.96. The van der Waals surface area contributed by atoms with Crippen molar-refractivity contribution in [2.75, 3.05) is 0 Å². The Bertz CT molecular complexity index is 1350. The zero-order chi connectivity index (χ0) is 23.8. The number of nitrogens with one attached hydrogen (secondary N) is 1. The van der Waals surface area contributed by atoms with Crippen LogP contribution in [0.2, 0.25) is 0 Å². The highest BCUT2D eigenvalue weighted by Gasteiger charge is 2.27. The van der Waals surface area contributed by atoms with Gasteiger partial charge in [0.1, 0.15) is 27.5 Å². The van der Waals surface area contributed by atoms with E-state index in [-0.39, 0.29) is 18.1 Å². The summed E-state index contributed by atoms with van der Waals surface area (Å²) in [5, 5.41) is 6.51. The fourth-order valence-corrected chi connectivity index (χ4v) is 5.83. The maximum atomic E-state index is 12.8. The number of nitrogens with zero attached hydrogens (tertiary/aromatic N) is 2. The Morgan fingerprint density at radius 1 is 1.17 bits per heavy atom. The second-order valence-electron chi connectivity index (χ2n) is 9.00. The molecular formula is C27H25N3O3S2. The van der Waals surface area contributed by atoms with Crippen LogP contribution in [-0.4, -0.2) is 15.9 Å². The fourth-order valence-electron chi connectivity index (χ4n) is 4.24. The molecule has 2 aliphatic rings. The number of hydrogen-bond donors (Lipinski definition) is 1. The summed E-state index contributed by atoms with van der Waals surface area (Å²) >= 11 is 2.84. The zero-order valence-electron chi connectivity index (χ0n) is 19.3. The Labute approximate surface area is 212 Å². The van der Waals surface area contributed by atoms with Gasteiger partial charge in [0.05, 0.1) is 17.9 Å². The molecule has 1 aliphatic heterocycles. The fraction of sp³-hybridized carbons (Fsp3) is 0.296. The second kappa shape index (κ2) is 9.43. The van der Waals surface area contributed by atoms with Crippen molar-refractivity contribution in [3.63, 3.8) is 0 Å². The van der Waals surface area contributed by atoms with E-state index in [4.69, 9.17) is 14.5 Å². The number of aromatic nitrogens is 2. The third kappa shape index (κ3) is 4.94. The van der Waals surface area contributed by atoms with Crippen LogP contribution < -0.4 is 14.8 Å². The number of carbonyl (C=O) groups excluding carboxylic acids is 1. The molecule has 8 heteroatoms. The molecule has 1 unspecified atom stereocenters. The lowest BCUT2D eigenvalue weighted by Crippen LogP contribution is -2.25. The summed E-state index contributed by atoms with van der Waals surface area (Å²) in [5.41, 5.74) is 3.47. The normalized spacial score (nSPS) is 17.8. The van der Waals surface area contributed by atoms with E-state index in [1.165, 1.54) is 29.7 Å². The van der Waals surface area contributed by atoms with Gasteiger partial charge in [-0.3, -0.25) is 4.79 Å². The maximum absolute atomic E-state index is 12.8. The molecule has 4 aromatic rings. The molecule has 1 fully saturated rings. The summed E-state index contributed by atoms with van der Waals surface area (Å²) in [5.74, 6) is 2.02. The van der Waals surface area contributed by atoms with E-state index in [2.05, 4.69) is 27.8 Å². The molecule has 3 heterocycles. The van der Waals surface area contributed by atoms with Crippen molar-refractivity contribution < 1.29 is 14.3 Å². The van der Waals surface area contributed by atoms with Gasteiger partial charge in [0, 0.05) is 11.3 Å². The van der Waals surface area contributed by atoms with E-state index in [1.54, 1.807) is 17.5 Å². The Kier molecular flexibility index (Phi) is 6.00. The molecule has 1 saturated carbocycles. The van der Waals surface area contributed by atoms with E-state index >= 15 is 0 Å². The summed E-state index contributed by atoms with van der Waals surface area (Å²) in [7, 11) is 0. The van der Waals surface area contributed by atoms with Gasteiger partial charge in [-0.25, -0.2) is 9.97 Å². The van der Waals surface area contributed by atoms with Gasteiger partial charge in [-0.1, -0.05) is 41.7 Å². The first-order valence-electron chi connectivity index (χ1n) is 11.9. The number of carbonyl (C=O) groups is 1. The number of hydrogen-bond acceptors (Lipinski definition) is 7. The average Bonchev–Trinajstić information content (AvgIpc) is 3.42. The van der Waals surface area contributed by atoms with Gasteiger partial charge in [-0.2, -0.15) is 0 Å². The molecule has 2 aromatic heterocycles. The Morgan fingerprint density at radius 2 is 2.03 bits per heavy atom. The highest BCUT2D eigenvalue weighted by atomic mass is 32.1. The minimum atomic E-state index is -0.168. The minimum absolute atomic E-state index is 0.0718. The van der Waals surface area contributed by atoms with Crippen LogP contribution in [0, 0.1) is 0 Å². The Balaban J connectivity index is 1.08. The molecule has 0 spiro atoms. The van der Waals surface area contributed by atoms with Gasteiger partial charge < -0.3 is 14.8 Å². The van der Waals surface area contributed by atoms with Gasteiger partial charge in [0.15, 0.2) is 0 Å². The molecule has 0 bridgehead atoms. The van der Waals surface area contributed by atoms with Crippen molar-refractivity contribution in [2.24, 2.45) is 0 Å². The summed E-state index contributed by atoms with van der Waals surface area (Å²) in [4.78, 5) is 22.3. The molecule has 178 valence electrons. The molecule has 6 rings (SSSR count). The maximum Gasteiger partial charge on any atom is 0.279 e. The smallest absolute Gasteiger partial charge is 0.279 e. The van der Waals surface area contributed by atoms with Gasteiger partial charge in [-0.05, 0) is 61.9 Å². The average molecular weight is 504 g/mol. The molecule has 6 nitrogen and oxygen atoms in total. The first-order valence-corrected chi connectivity index (χ1v) is 13.6. The molecule has 0 saturated heterocycles. The highest BCUT2D eigenvalue weighted by Crippen LogP contribution is 2.41. The molecule has 2 aromatic carbocycles.